The fourth-order valence-electron chi connectivity index (χ4n) is 6.45. The summed E-state index contributed by atoms with van der Waals surface area (Å²) in [6.45, 7) is -1.21. The number of nitrogens with zero attached hydrogens (tertiary/aromatic N) is 1. The number of ether oxygens (including phenoxy) is 9. The Balaban J connectivity index is 1.60. The van der Waals surface area contributed by atoms with E-state index in [1.807, 2.05) is 0 Å². The Morgan fingerprint density at radius 1 is 0.596 bits per heavy atom. The summed E-state index contributed by atoms with van der Waals surface area (Å²) in [6, 6.07) is 0. The van der Waals surface area contributed by atoms with E-state index in [0.717, 1.165) is 0 Å². The Morgan fingerprint density at radius 2 is 1.17 bits per heavy atom. The van der Waals surface area contributed by atoms with Gasteiger partial charge in [-0.05, 0) is 0 Å². The molecule has 0 aromatic rings. The first-order valence-electron chi connectivity index (χ1n) is 15.6. The van der Waals surface area contributed by atoms with Crippen molar-refractivity contribution in [1.29, 1.82) is 0 Å². The molecule has 4 aliphatic heterocycles. The normalized spacial score (nSPS) is 49.1. The molecule has 4 heterocycles. The Labute approximate surface area is 272 Å². The molecule has 4 fully saturated rings. The van der Waals surface area contributed by atoms with Gasteiger partial charge in [0.05, 0.1) is 47.1 Å². The van der Waals surface area contributed by atoms with Crippen LogP contribution < -0.4 is 0 Å². The predicted octanol–water partition coefficient (Wildman–Crippen LogP) is -6.40. The summed E-state index contributed by atoms with van der Waals surface area (Å²) in [5.41, 5.74) is 0. The van der Waals surface area contributed by atoms with Crippen LogP contribution in [0.15, 0.2) is 0 Å². The number of rotatable bonds is 5. The van der Waals surface area contributed by atoms with Crippen molar-refractivity contribution in [1.82, 2.24) is 0 Å². The molecule has 17 unspecified atom stereocenters. The minimum Gasteiger partial charge on any atom is -0.394 e. The maximum absolute atomic E-state index is 11.3. The van der Waals surface area contributed by atoms with E-state index in [9.17, 15) is 46.0 Å². The first-order valence-corrected chi connectivity index (χ1v) is 15.6. The molecule has 0 aromatic heterocycles. The summed E-state index contributed by atoms with van der Waals surface area (Å²) in [5, 5.41) is 96.4. The average molecular weight is 691 g/mol. The first-order chi connectivity index (χ1) is 22.2. The average Bonchev–Trinajstić information content (AvgIpc) is 3.01. The van der Waals surface area contributed by atoms with Crippen molar-refractivity contribution >= 4 is 0 Å². The third-order valence-corrected chi connectivity index (χ3v) is 8.78. The quantitative estimate of drug-likeness (QED) is 0.121. The molecular weight excluding hydrogens is 638 g/mol. The lowest BCUT2D eigenvalue weighted by atomic mass is 9.96. The fourth-order valence-corrected chi connectivity index (χ4v) is 6.45. The number of hydrogen-bond acceptors (Lipinski definition) is 18. The van der Waals surface area contributed by atoms with Crippen molar-refractivity contribution in [2.45, 2.75) is 104 Å². The molecule has 19 heteroatoms. The van der Waals surface area contributed by atoms with Gasteiger partial charge in [-0.2, -0.15) is 0 Å². The van der Waals surface area contributed by atoms with Crippen LogP contribution in [0.1, 0.15) is 0 Å². The highest BCUT2D eigenvalue weighted by molar-refractivity contribution is 4.97. The van der Waals surface area contributed by atoms with Crippen LogP contribution in [-0.4, -0.2) is 229 Å². The highest BCUT2D eigenvalue weighted by Crippen LogP contribution is 2.33. The van der Waals surface area contributed by atoms with E-state index in [4.69, 9.17) is 42.6 Å². The lowest BCUT2D eigenvalue weighted by Gasteiger charge is -2.48. The third kappa shape index (κ3) is 9.33. The number of quaternary nitrogens is 1. The summed E-state index contributed by atoms with van der Waals surface area (Å²) in [4.78, 5) is 0. The van der Waals surface area contributed by atoms with E-state index in [1.54, 1.807) is 14.1 Å². The highest BCUT2D eigenvalue weighted by atomic mass is 16.8. The molecule has 47 heavy (non-hydrogen) atoms. The summed E-state index contributed by atoms with van der Waals surface area (Å²) >= 11 is 0. The molecule has 0 saturated carbocycles. The van der Waals surface area contributed by atoms with Crippen LogP contribution in [0.3, 0.4) is 0 Å². The van der Waals surface area contributed by atoms with E-state index in [-0.39, 0.29) is 44.0 Å². The van der Waals surface area contributed by atoms with Crippen LogP contribution in [-0.2, 0) is 42.6 Å². The number of fused-ring (bicyclic) bond motifs is 3. The van der Waals surface area contributed by atoms with Gasteiger partial charge in [-0.25, -0.2) is 0 Å². The van der Waals surface area contributed by atoms with Crippen LogP contribution >= 0.6 is 0 Å². The van der Waals surface area contributed by atoms with Crippen molar-refractivity contribution < 1.29 is 93.1 Å². The Kier molecular flexibility index (Phi) is 14.1. The molecule has 276 valence electrons. The molecule has 2 bridgehead atoms. The van der Waals surface area contributed by atoms with Gasteiger partial charge < -0.3 is 93.1 Å². The number of likely N-dealkylation sites (N-methyl/N-ethyl adjacent to an activating group) is 1. The van der Waals surface area contributed by atoms with Crippen LogP contribution in [0.2, 0.25) is 0 Å². The topological polar surface area (TPSA) is 265 Å². The van der Waals surface area contributed by atoms with Gasteiger partial charge in [0.25, 0.3) is 0 Å². The molecule has 19 nitrogen and oxygen atoms in total. The minimum absolute atomic E-state index is 0.147. The van der Waals surface area contributed by atoms with E-state index in [0.29, 0.717) is 0 Å². The maximum Gasteiger partial charge on any atom is 0.187 e. The lowest BCUT2D eigenvalue weighted by Crippen LogP contribution is -2.66. The zero-order valence-corrected chi connectivity index (χ0v) is 26.9. The van der Waals surface area contributed by atoms with E-state index in [1.165, 1.54) is 14.2 Å². The van der Waals surface area contributed by atoms with Crippen LogP contribution in [0.5, 0.6) is 0 Å². The minimum atomic E-state index is -1.86. The van der Waals surface area contributed by atoms with Crippen molar-refractivity contribution in [2.24, 2.45) is 0 Å². The maximum atomic E-state index is 11.3. The second-order valence-electron chi connectivity index (χ2n) is 13.1. The zero-order chi connectivity index (χ0) is 34.6. The second kappa shape index (κ2) is 17.0. The van der Waals surface area contributed by atoms with E-state index >= 15 is 0 Å². The van der Waals surface area contributed by atoms with Gasteiger partial charge in [0, 0.05) is 14.2 Å². The van der Waals surface area contributed by atoms with Crippen molar-refractivity contribution in [2.75, 3.05) is 74.4 Å². The molecule has 4 saturated heterocycles. The Hall–Kier alpha value is -0.760. The van der Waals surface area contributed by atoms with E-state index < -0.39 is 111 Å². The standard InChI is InChI=1S/C28H52NO18/c1-29(2)5-12(31)8-41-10-15-24(18(34)20(36)26(40-4)44-15)47-28-22(38)19(35)25(16(45-28)11-42-9-13(32)6-29)46-27-21(37)17(33)23(39-3)14(7-30)43-27/h12-28,30-38H,5-11H2,1-4H3/q+1. The molecular formula is C28H52NO18+. The lowest BCUT2D eigenvalue weighted by molar-refractivity contribution is -0.896. The van der Waals surface area contributed by atoms with Gasteiger partial charge in [0.1, 0.15) is 98.5 Å². The summed E-state index contributed by atoms with van der Waals surface area (Å²) < 4.78 is 51.1. The molecule has 17 atom stereocenters. The van der Waals surface area contributed by atoms with Gasteiger partial charge in [0.2, 0.25) is 0 Å². The number of aliphatic hydroxyl groups excluding tert-OH is 9. The van der Waals surface area contributed by atoms with Crippen LogP contribution in [0.4, 0.5) is 0 Å². The van der Waals surface area contributed by atoms with Crippen molar-refractivity contribution in [3.8, 4) is 0 Å². The van der Waals surface area contributed by atoms with E-state index in [2.05, 4.69) is 0 Å². The summed E-state index contributed by atoms with van der Waals surface area (Å²) in [7, 11) is 6.11. The zero-order valence-electron chi connectivity index (χ0n) is 26.9. The van der Waals surface area contributed by atoms with Gasteiger partial charge in [-0.15, -0.1) is 0 Å². The van der Waals surface area contributed by atoms with Gasteiger partial charge in [-0.1, -0.05) is 0 Å². The highest BCUT2D eigenvalue weighted by Gasteiger charge is 2.54. The SMILES string of the molecule is COC1OC2COCC(O)C[N+](C)(C)CC(O)COCC3OC(OC2C(O)C1O)C(O)C(O)C3OC1OC(CO)C(OC)C(O)C1O. The predicted molar refractivity (Wildman–Crippen MR) is 152 cm³/mol. The molecule has 4 aliphatic rings. The molecule has 0 aliphatic carbocycles. The van der Waals surface area contributed by atoms with Gasteiger partial charge >= 0.3 is 0 Å². The summed E-state index contributed by atoms with van der Waals surface area (Å²) in [6.07, 6.45) is -24.2. The molecule has 0 aromatic carbocycles. The molecule has 0 radical (unpaired) electrons. The molecule has 0 amide bonds. The molecule has 9 N–H and O–H groups in total. The fraction of sp³-hybridized carbons (Fsp3) is 1.00. The van der Waals surface area contributed by atoms with Crippen LogP contribution in [0.25, 0.3) is 0 Å². The van der Waals surface area contributed by atoms with Gasteiger partial charge in [0.15, 0.2) is 18.9 Å². The third-order valence-electron chi connectivity index (χ3n) is 8.78. The number of aliphatic hydroxyl groups is 9. The largest absolute Gasteiger partial charge is 0.394 e. The van der Waals surface area contributed by atoms with Crippen molar-refractivity contribution in [3.05, 3.63) is 0 Å². The molecule has 4 rings (SSSR count). The molecule has 0 spiro atoms. The Morgan fingerprint density at radius 3 is 1.74 bits per heavy atom. The number of methoxy groups -OCH3 is 2. The van der Waals surface area contributed by atoms with Gasteiger partial charge in [-0.3, -0.25) is 0 Å². The second-order valence-corrected chi connectivity index (χ2v) is 13.1. The van der Waals surface area contributed by atoms with Crippen molar-refractivity contribution in [3.63, 3.8) is 0 Å². The Bertz CT molecular complexity index is 949. The monoisotopic (exact) mass is 690 g/mol. The number of hydrogen-bond donors (Lipinski definition) is 9. The first kappa shape index (κ1) is 39.0. The smallest absolute Gasteiger partial charge is 0.187 e. The van der Waals surface area contributed by atoms with Crippen LogP contribution in [0, 0.1) is 0 Å². The summed E-state index contributed by atoms with van der Waals surface area (Å²) in [5.74, 6) is 0.